The van der Waals surface area contributed by atoms with Crippen molar-refractivity contribution in [1.82, 2.24) is 4.73 Å². The molecule has 0 N–H and O–H groups in total. The Bertz CT molecular complexity index is 590. The van der Waals surface area contributed by atoms with Crippen LogP contribution in [-0.2, 0) is 6.42 Å². The van der Waals surface area contributed by atoms with E-state index in [1.54, 1.807) is 5.56 Å². The highest BCUT2D eigenvalue weighted by atomic mass is 16.8. The van der Waals surface area contributed by atoms with E-state index in [4.69, 9.17) is 4.84 Å². The van der Waals surface area contributed by atoms with Crippen molar-refractivity contribution in [3.63, 3.8) is 0 Å². The highest BCUT2D eigenvalue weighted by Gasteiger charge is 2.32. The highest BCUT2D eigenvalue weighted by molar-refractivity contribution is 5.92. The molecule has 2 aliphatic rings. The SMILES string of the molecule is CCc1c2n(c3cccc(C4CCCC4)c13)O2. The van der Waals surface area contributed by atoms with E-state index >= 15 is 0 Å². The van der Waals surface area contributed by atoms with Crippen molar-refractivity contribution in [2.45, 2.75) is 44.9 Å². The zero-order valence-electron chi connectivity index (χ0n) is 10.2. The third-order valence-corrected chi connectivity index (χ3v) is 4.33. The molecule has 1 aliphatic carbocycles. The smallest absolute Gasteiger partial charge is 0.265 e. The molecule has 0 saturated heterocycles. The van der Waals surface area contributed by atoms with E-state index in [9.17, 15) is 0 Å². The van der Waals surface area contributed by atoms with Crippen LogP contribution in [0.2, 0.25) is 0 Å². The van der Waals surface area contributed by atoms with Crippen LogP contribution < -0.4 is 4.84 Å². The van der Waals surface area contributed by atoms with Crippen LogP contribution in [0.25, 0.3) is 10.9 Å². The number of fused-ring (bicyclic) bond motifs is 3. The molecule has 0 amide bonds. The molecule has 2 heterocycles. The molecule has 4 rings (SSSR count). The number of nitrogens with zero attached hydrogens (tertiary/aromatic N) is 1. The summed E-state index contributed by atoms with van der Waals surface area (Å²) in [7, 11) is 0. The maximum Gasteiger partial charge on any atom is 0.265 e. The van der Waals surface area contributed by atoms with E-state index in [0.717, 1.165) is 18.2 Å². The van der Waals surface area contributed by atoms with Crippen LogP contribution >= 0.6 is 0 Å². The maximum atomic E-state index is 5.51. The standard InChI is InChI=1S/C15H17NO/c1-2-11-14-12(10-6-3-4-7-10)8-5-9-13(14)16-15(11)17-16/h5,8-10H,2-4,6-7H2,1H3. The van der Waals surface area contributed by atoms with Gasteiger partial charge in [-0.25, -0.2) is 0 Å². The lowest BCUT2D eigenvalue weighted by molar-refractivity contribution is 0.452. The summed E-state index contributed by atoms with van der Waals surface area (Å²) >= 11 is 0. The average Bonchev–Trinajstić information content (AvgIpc) is 2.86. The lowest BCUT2D eigenvalue weighted by atomic mass is 9.92. The lowest BCUT2D eigenvalue weighted by Crippen LogP contribution is -1.96. The summed E-state index contributed by atoms with van der Waals surface area (Å²) in [5, 5.41) is 1.49. The van der Waals surface area contributed by atoms with Crippen molar-refractivity contribution >= 4 is 10.9 Å². The van der Waals surface area contributed by atoms with Crippen LogP contribution in [0.1, 0.15) is 49.7 Å². The van der Waals surface area contributed by atoms with Crippen molar-refractivity contribution in [2.75, 3.05) is 0 Å². The Hall–Kier alpha value is -1.44. The van der Waals surface area contributed by atoms with Gasteiger partial charge in [-0.15, -0.1) is 4.73 Å². The van der Waals surface area contributed by atoms with Crippen LogP contribution in [-0.4, -0.2) is 4.73 Å². The molecule has 1 saturated carbocycles. The Morgan fingerprint density at radius 1 is 1.29 bits per heavy atom. The summed E-state index contributed by atoms with van der Waals surface area (Å²) in [5.74, 6) is 1.89. The fraction of sp³-hybridized carbons (Fsp3) is 0.467. The molecule has 0 spiro atoms. The first kappa shape index (κ1) is 9.58. The zero-order valence-corrected chi connectivity index (χ0v) is 10.2. The van der Waals surface area contributed by atoms with E-state index in [-0.39, 0.29) is 0 Å². The highest BCUT2D eigenvalue weighted by Crippen LogP contribution is 2.46. The van der Waals surface area contributed by atoms with Crippen molar-refractivity contribution < 1.29 is 4.84 Å². The Morgan fingerprint density at radius 3 is 2.88 bits per heavy atom. The number of aromatic nitrogens is 1. The Balaban J connectivity index is 1.97. The van der Waals surface area contributed by atoms with Gasteiger partial charge in [0.05, 0.1) is 5.52 Å². The Labute approximate surface area is 101 Å². The predicted molar refractivity (Wildman–Crippen MR) is 68.6 cm³/mol. The number of hydrogen-bond acceptors (Lipinski definition) is 1. The minimum atomic E-state index is 0.783. The van der Waals surface area contributed by atoms with E-state index in [2.05, 4.69) is 25.1 Å². The summed E-state index contributed by atoms with van der Waals surface area (Å²) in [6.45, 7) is 2.22. The van der Waals surface area contributed by atoms with Crippen molar-refractivity contribution in [2.24, 2.45) is 0 Å². The topological polar surface area (TPSA) is 17.5 Å². The summed E-state index contributed by atoms with van der Waals surface area (Å²) in [6.07, 6.45) is 6.59. The van der Waals surface area contributed by atoms with Gasteiger partial charge in [0.25, 0.3) is 5.88 Å². The van der Waals surface area contributed by atoms with Crippen molar-refractivity contribution in [3.05, 3.63) is 29.3 Å². The van der Waals surface area contributed by atoms with Gasteiger partial charge in [0.15, 0.2) is 0 Å². The van der Waals surface area contributed by atoms with Crippen LogP contribution in [0.15, 0.2) is 18.2 Å². The van der Waals surface area contributed by atoms with Gasteiger partial charge < -0.3 is 4.84 Å². The number of aryl methyl sites for hydroxylation is 1. The molecule has 0 unspecified atom stereocenters. The summed E-state index contributed by atoms with van der Waals surface area (Å²) in [6, 6.07) is 6.70. The third kappa shape index (κ3) is 1.21. The largest absolute Gasteiger partial charge is 0.350 e. The molecule has 1 fully saturated rings. The monoisotopic (exact) mass is 227 g/mol. The Kier molecular flexibility index (Phi) is 1.85. The van der Waals surface area contributed by atoms with E-state index < -0.39 is 0 Å². The minimum absolute atomic E-state index is 0.783. The van der Waals surface area contributed by atoms with Crippen LogP contribution in [0.4, 0.5) is 0 Å². The molecule has 2 nitrogen and oxygen atoms in total. The van der Waals surface area contributed by atoms with Gasteiger partial charge in [-0.05, 0) is 36.8 Å². The van der Waals surface area contributed by atoms with Crippen LogP contribution in [0.3, 0.4) is 0 Å². The van der Waals surface area contributed by atoms with Crippen LogP contribution in [0.5, 0.6) is 5.88 Å². The first-order chi connectivity index (χ1) is 8.40. The number of benzene rings is 1. The van der Waals surface area contributed by atoms with Gasteiger partial charge in [0, 0.05) is 10.9 Å². The number of rotatable bonds is 2. The summed E-state index contributed by atoms with van der Waals surface area (Å²) < 4.78 is 1.99. The first-order valence-corrected chi connectivity index (χ1v) is 6.74. The molecule has 1 aliphatic heterocycles. The van der Waals surface area contributed by atoms with Gasteiger partial charge in [-0.2, -0.15) is 0 Å². The molecule has 0 radical (unpaired) electrons. The van der Waals surface area contributed by atoms with E-state index in [1.165, 1.54) is 42.1 Å². The molecule has 88 valence electrons. The van der Waals surface area contributed by atoms with Crippen LogP contribution in [0, 0.1) is 0 Å². The third-order valence-electron chi connectivity index (χ3n) is 4.33. The molecule has 2 heteroatoms. The quantitative estimate of drug-likeness (QED) is 0.604. The predicted octanol–water partition coefficient (Wildman–Crippen LogP) is 4.02. The molecule has 0 atom stereocenters. The molecule has 0 bridgehead atoms. The molecule has 1 aromatic carbocycles. The van der Waals surface area contributed by atoms with E-state index in [0.29, 0.717) is 0 Å². The first-order valence-electron chi connectivity index (χ1n) is 6.74. The molecule has 2 aromatic rings. The second-order valence-corrected chi connectivity index (χ2v) is 5.25. The molecule has 17 heavy (non-hydrogen) atoms. The van der Waals surface area contributed by atoms with E-state index in [1.807, 2.05) is 4.73 Å². The lowest BCUT2D eigenvalue weighted by Gasteiger charge is -2.12. The maximum absolute atomic E-state index is 5.51. The fourth-order valence-electron chi connectivity index (χ4n) is 3.47. The van der Waals surface area contributed by atoms with Gasteiger partial charge in [-0.3, -0.25) is 0 Å². The van der Waals surface area contributed by atoms with Gasteiger partial charge in [-0.1, -0.05) is 31.9 Å². The molecule has 1 aromatic heterocycles. The molecular weight excluding hydrogens is 210 g/mol. The van der Waals surface area contributed by atoms with Crippen molar-refractivity contribution in [1.29, 1.82) is 0 Å². The zero-order chi connectivity index (χ0) is 11.4. The van der Waals surface area contributed by atoms with Crippen molar-refractivity contribution in [3.8, 4) is 5.88 Å². The summed E-state index contributed by atoms with van der Waals surface area (Å²) in [4.78, 5) is 5.51. The Morgan fingerprint density at radius 2 is 2.12 bits per heavy atom. The number of hydrogen-bond donors (Lipinski definition) is 0. The fourth-order valence-corrected chi connectivity index (χ4v) is 3.47. The second kappa shape index (κ2) is 3.28. The summed E-state index contributed by atoms with van der Waals surface area (Å²) in [5.41, 5.74) is 4.27. The van der Waals surface area contributed by atoms with Gasteiger partial charge in [0.1, 0.15) is 0 Å². The molecular formula is C15H17NO. The average molecular weight is 227 g/mol. The van der Waals surface area contributed by atoms with Gasteiger partial charge in [0.2, 0.25) is 0 Å². The second-order valence-electron chi connectivity index (χ2n) is 5.25. The normalized spacial score (nSPS) is 18.4. The minimum Gasteiger partial charge on any atom is -0.350 e. The van der Waals surface area contributed by atoms with Gasteiger partial charge >= 0.3 is 0 Å².